The summed E-state index contributed by atoms with van der Waals surface area (Å²) in [6.07, 6.45) is 1.44. The van der Waals surface area contributed by atoms with Crippen LogP contribution in [0, 0.1) is 17.5 Å². The van der Waals surface area contributed by atoms with Crippen molar-refractivity contribution in [2.45, 2.75) is 31.8 Å². The highest BCUT2D eigenvalue weighted by molar-refractivity contribution is 5.94. The van der Waals surface area contributed by atoms with Crippen molar-refractivity contribution in [1.29, 1.82) is 0 Å². The van der Waals surface area contributed by atoms with Crippen molar-refractivity contribution in [3.8, 4) is 0 Å². The molecule has 0 aliphatic carbocycles. The average Bonchev–Trinajstić information content (AvgIpc) is 2.36. The molecule has 1 heterocycles. The molecule has 19 heavy (non-hydrogen) atoms. The number of rotatable bonds is 2. The highest BCUT2D eigenvalue weighted by atomic mass is 19.2. The van der Waals surface area contributed by atoms with Crippen molar-refractivity contribution in [1.82, 2.24) is 10.6 Å². The molecule has 2 atom stereocenters. The minimum Gasteiger partial charge on any atom is -0.349 e. The van der Waals surface area contributed by atoms with E-state index < -0.39 is 28.9 Å². The minimum absolute atomic E-state index is 0.0868. The number of piperidine rings is 1. The number of nitrogens with one attached hydrogen (secondary N) is 2. The molecule has 1 fully saturated rings. The molecule has 3 nitrogen and oxygen atoms in total. The van der Waals surface area contributed by atoms with Crippen LogP contribution in [0.2, 0.25) is 0 Å². The van der Waals surface area contributed by atoms with Crippen LogP contribution >= 0.6 is 0 Å². The average molecular weight is 272 g/mol. The molecule has 2 N–H and O–H groups in total. The summed E-state index contributed by atoms with van der Waals surface area (Å²) in [7, 11) is 0. The number of amides is 1. The summed E-state index contributed by atoms with van der Waals surface area (Å²) >= 11 is 0. The lowest BCUT2D eigenvalue weighted by Crippen LogP contribution is -2.46. The van der Waals surface area contributed by atoms with Crippen LogP contribution in [-0.2, 0) is 0 Å². The van der Waals surface area contributed by atoms with Crippen LogP contribution in [0.3, 0.4) is 0 Å². The number of carbonyl (C=O) groups is 1. The topological polar surface area (TPSA) is 41.1 Å². The number of carbonyl (C=O) groups excluding carboxylic acids is 1. The number of hydrogen-bond donors (Lipinski definition) is 2. The van der Waals surface area contributed by atoms with Crippen molar-refractivity contribution < 1.29 is 18.0 Å². The number of hydrogen-bond acceptors (Lipinski definition) is 2. The SMILES string of the molecule is CC1CC(NC(=O)c2ccc(F)c(F)c2F)CCN1. The predicted octanol–water partition coefficient (Wildman–Crippen LogP) is 1.97. The van der Waals surface area contributed by atoms with Crippen LogP contribution in [0.15, 0.2) is 12.1 Å². The first-order chi connectivity index (χ1) is 8.99. The first-order valence-corrected chi connectivity index (χ1v) is 6.16. The van der Waals surface area contributed by atoms with Crippen LogP contribution in [0.1, 0.15) is 30.1 Å². The van der Waals surface area contributed by atoms with Gasteiger partial charge in [0.2, 0.25) is 0 Å². The summed E-state index contributed by atoms with van der Waals surface area (Å²) < 4.78 is 39.3. The summed E-state index contributed by atoms with van der Waals surface area (Å²) in [6.45, 7) is 2.74. The van der Waals surface area contributed by atoms with Crippen LogP contribution in [-0.4, -0.2) is 24.5 Å². The number of halogens is 3. The molecule has 1 saturated heterocycles. The van der Waals surface area contributed by atoms with Gasteiger partial charge in [0.15, 0.2) is 17.5 Å². The Bertz CT molecular complexity index is 493. The first kappa shape index (κ1) is 13.9. The van der Waals surface area contributed by atoms with Gasteiger partial charge in [-0.05, 0) is 38.4 Å². The second-order valence-corrected chi connectivity index (χ2v) is 4.77. The summed E-state index contributed by atoms with van der Waals surface area (Å²) in [5.74, 6) is -5.08. The van der Waals surface area contributed by atoms with Gasteiger partial charge in [0, 0.05) is 12.1 Å². The summed E-state index contributed by atoms with van der Waals surface area (Å²) in [5.41, 5.74) is -0.468. The molecule has 0 radical (unpaired) electrons. The van der Waals surface area contributed by atoms with Gasteiger partial charge in [-0.25, -0.2) is 13.2 Å². The Balaban J connectivity index is 2.10. The maximum atomic E-state index is 13.5. The van der Waals surface area contributed by atoms with E-state index in [0.717, 1.165) is 31.5 Å². The molecule has 0 bridgehead atoms. The highest BCUT2D eigenvalue weighted by Crippen LogP contribution is 2.16. The Morgan fingerprint density at radius 2 is 2.05 bits per heavy atom. The zero-order chi connectivity index (χ0) is 14.0. The van der Waals surface area contributed by atoms with Gasteiger partial charge in [-0.3, -0.25) is 4.79 Å². The smallest absolute Gasteiger partial charge is 0.254 e. The molecule has 2 rings (SSSR count). The molecule has 1 amide bonds. The molecule has 0 saturated carbocycles. The van der Waals surface area contributed by atoms with Gasteiger partial charge in [0.1, 0.15) is 0 Å². The lowest BCUT2D eigenvalue weighted by molar-refractivity contribution is 0.0920. The summed E-state index contributed by atoms with van der Waals surface area (Å²) in [4.78, 5) is 11.8. The van der Waals surface area contributed by atoms with E-state index in [-0.39, 0.29) is 12.1 Å². The molecule has 1 aromatic rings. The van der Waals surface area contributed by atoms with Gasteiger partial charge in [-0.2, -0.15) is 0 Å². The third-order valence-electron chi connectivity index (χ3n) is 3.24. The van der Waals surface area contributed by atoms with Crippen molar-refractivity contribution in [3.05, 3.63) is 35.1 Å². The third-order valence-corrected chi connectivity index (χ3v) is 3.24. The van der Waals surface area contributed by atoms with E-state index >= 15 is 0 Å². The van der Waals surface area contributed by atoms with E-state index in [0.29, 0.717) is 0 Å². The molecule has 1 aromatic carbocycles. The fourth-order valence-electron chi connectivity index (χ4n) is 2.23. The molecular formula is C13H15F3N2O. The predicted molar refractivity (Wildman–Crippen MR) is 64.3 cm³/mol. The Morgan fingerprint density at radius 1 is 1.32 bits per heavy atom. The lowest BCUT2D eigenvalue weighted by Gasteiger charge is -2.28. The zero-order valence-corrected chi connectivity index (χ0v) is 10.5. The lowest BCUT2D eigenvalue weighted by atomic mass is 10.00. The monoisotopic (exact) mass is 272 g/mol. The van der Waals surface area contributed by atoms with Crippen LogP contribution < -0.4 is 10.6 Å². The maximum Gasteiger partial charge on any atom is 0.254 e. The fourth-order valence-corrected chi connectivity index (χ4v) is 2.23. The van der Waals surface area contributed by atoms with Gasteiger partial charge >= 0.3 is 0 Å². The molecule has 1 aliphatic rings. The zero-order valence-electron chi connectivity index (χ0n) is 10.5. The minimum atomic E-state index is -1.62. The maximum absolute atomic E-state index is 13.5. The van der Waals surface area contributed by atoms with Gasteiger partial charge in [0.05, 0.1) is 5.56 Å². The van der Waals surface area contributed by atoms with Crippen LogP contribution in [0.5, 0.6) is 0 Å². The van der Waals surface area contributed by atoms with Crippen molar-refractivity contribution >= 4 is 5.91 Å². The first-order valence-electron chi connectivity index (χ1n) is 6.16. The van der Waals surface area contributed by atoms with Gasteiger partial charge < -0.3 is 10.6 Å². The van der Waals surface area contributed by atoms with Gasteiger partial charge in [0.25, 0.3) is 5.91 Å². The Kier molecular flexibility index (Phi) is 4.09. The fraction of sp³-hybridized carbons (Fsp3) is 0.462. The third kappa shape index (κ3) is 3.07. The quantitative estimate of drug-likeness (QED) is 0.808. The van der Waals surface area contributed by atoms with Crippen molar-refractivity contribution in [3.63, 3.8) is 0 Å². The van der Waals surface area contributed by atoms with E-state index in [4.69, 9.17) is 0 Å². The number of benzene rings is 1. The van der Waals surface area contributed by atoms with E-state index in [1.807, 2.05) is 6.92 Å². The highest BCUT2D eigenvalue weighted by Gasteiger charge is 2.23. The summed E-state index contributed by atoms with van der Waals surface area (Å²) in [5, 5.41) is 5.86. The normalized spacial score (nSPS) is 23.2. The molecular weight excluding hydrogens is 257 g/mol. The Morgan fingerprint density at radius 3 is 2.74 bits per heavy atom. The van der Waals surface area contributed by atoms with E-state index in [2.05, 4.69) is 10.6 Å². The van der Waals surface area contributed by atoms with E-state index in [9.17, 15) is 18.0 Å². The van der Waals surface area contributed by atoms with E-state index in [1.165, 1.54) is 0 Å². The van der Waals surface area contributed by atoms with Crippen LogP contribution in [0.4, 0.5) is 13.2 Å². The Hall–Kier alpha value is -1.56. The molecule has 1 aliphatic heterocycles. The molecule has 104 valence electrons. The largest absolute Gasteiger partial charge is 0.349 e. The summed E-state index contributed by atoms with van der Waals surface area (Å²) in [6, 6.07) is 1.87. The molecule has 2 unspecified atom stereocenters. The van der Waals surface area contributed by atoms with E-state index in [1.54, 1.807) is 0 Å². The van der Waals surface area contributed by atoms with Crippen LogP contribution in [0.25, 0.3) is 0 Å². The van der Waals surface area contributed by atoms with Gasteiger partial charge in [-0.15, -0.1) is 0 Å². The van der Waals surface area contributed by atoms with Crippen molar-refractivity contribution in [2.75, 3.05) is 6.54 Å². The van der Waals surface area contributed by atoms with Gasteiger partial charge in [-0.1, -0.05) is 0 Å². The molecule has 0 aromatic heterocycles. The molecule has 0 spiro atoms. The van der Waals surface area contributed by atoms with Crippen molar-refractivity contribution in [2.24, 2.45) is 0 Å². The molecule has 6 heteroatoms. The second-order valence-electron chi connectivity index (χ2n) is 4.77. The Labute approximate surface area is 109 Å². The standard InChI is InChI=1S/C13H15F3N2O/c1-7-6-8(4-5-17-7)18-13(19)9-2-3-10(14)12(16)11(9)15/h2-3,7-8,17H,4-6H2,1H3,(H,18,19). The second kappa shape index (κ2) is 5.61.